The number of nitrogens with zero attached hydrogens (tertiary/aromatic N) is 1. The van der Waals surface area contributed by atoms with Crippen molar-refractivity contribution in [3.8, 4) is 0 Å². The molecule has 0 saturated carbocycles. The summed E-state index contributed by atoms with van der Waals surface area (Å²) in [6, 6.07) is 5.80. The van der Waals surface area contributed by atoms with Crippen LogP contribution >= 0.6 is 0 Å². The van der Waals surface area contributed by atoms with Crippen LogP contribution in [0.4, 0.5) is 10.5 Å². The lowest BCUT2D eigenvalue weighted by Gasteiger charge is -2.28. The van der Waals surface area contributed by atoms with E-state index in [1.165, 1.54) is 18.7 Å². The molecule has 2 atom stereocenters. The van der Waals surface area contributed by atoms with Gasteiger partial charge in [0.25, 0.3) is 5.91 Å². The van der Waals surface area contributed by atoms with Crippen LogP contribution in [0.3, 0.4) is 0 Å². The quantitative estimate of drug-likeness (QED) is 0.597. The Hall–Kier alpha value is -2.90. The smallest absolute Gasteiger partial charge is 0.411 e. The van der Waals surface area contributed by atoms with E-state index in [9.17, 15) is 19.2 Å². The van der Waals surface area contributed by atoms with Crippen LogP contribution in [-0.2, 0) is 19.1 Å². The molecule has 1 saturated heterocycles. The van der Waals surface area contributed by atoms with Gasteiger partial charge in [0, 0.05) is 12.1 Å². The molecule has 0 spiro atoms. The molecule has 1 N–H and O–H groups in total. The molecule has 2 amide bonds. The van der Waals surface area contributed by atoms with Crippen molar-refractivity contribution in [2.45, 2.75) is 65.2 Å². The first-order valence-corrected chi connectivity index (χ1v) is 9.60. The van der Waals surface area contributed by atoms with Crippen molar-refractivity contribution in [3.05, 3.63) is 29.8 Å². The Morgan fingerprint density at radius 3 is 2.45 bits per heavy atom. The van der Waals surface area contributed by atoms with E-state index in [2.05, 4.69) is 5.32 Å². The molecule has 1 heterocycles. The zero-order chi connectivity index (χ0) is 21.8. The lowest BCUT2D eigenvalue weighted by molar-refractivity contribution is -0.157. The maximum Gasteiger partial charge on any atom is 0.411 e. The first-order chi connectivity index (χ1) is 13.5. The molecule has 0 bridgehead atoms. The predicted octanol–water partition coefficient (Wildman–Crippen LogP) is 3.16. The Morgan fingerprint density at radius 1 is 1.17 bits per heavy atom. The van der Waals surface area contributed by atoms with Gasteiger partial charge in [0.15, 0.2) is 11.9 Å². The third-order valence-corrected chi connectivity index (χ3v) is 4.38. The molecule has 2 rings (SSSR count). The number of amides is 2. The number of ketones is 1. The maximum atomic E-state index is 12.6. The van der Waals surface area contributed by atoms with Gasteiger partial charge >= 0.3 is 12.1 Å². The summed E-state index contributed by atoms with van der Waals surface area (Å²) in [5, 5.41) is 2.61. The van der Waals surface area contributed by atoms with E-state index in [4.69, 9.17) is 9.47 Å². The van der Waals surface area contributed by atoms with E-state index < -0.39 is 35.7 Å². The van der Waals surface area contributed by atoms with Gasteiger partial charge in [-0.3, -0.25) is 14.5 Å². The summed E-state index contributed by atoms with van der Waals surface area (Å²) in [5.41, 5.74) is 0.0428. The molecule has 0 aromatic heterocycles. The van der Waals surface area contributed by atoms with Gasteiger partial charge in [0.2, 0.25) is 0 Å². The van der Waals surface area contributed by atoms with Crippen molar-refractivity contribution in [1.29, 1.82) is 0 Å². The van der Waals surface area contributed by atoms with Crippen molar-refractivity contribution in [2.75, 3.05) is 11.9 Å². The van der Waals surface area contributed by atoms with Gasteiger partial charge in [-0.25, -0.2) is 9.59 Å². The number of nitrogens with one attached hydrogen (secondary N) is 1. The number of Topliss-reactive ketones (excluding diaryl/α,β-unsaturated/α-hetero) is 1. The number of carbonyl (C=O) groups excluding carboxylic acids is 4. The summed E-state index contributed by atoms with van der Waals surface area (Å²) in [6.07, 6.45) is -0.585. The molecule has 1 aliphatic heterocycles. The fourth-order valence-corrected chi connectivity index (χ4v) is 2.99. The lowest BCUT2D eigenvalue weighted by Crippen LogP contribution is -2.45. The molecule has 8 nitrogen and oxygen atoms in total. The van der Waals surface area contributed by atoms with Gasteiger partial charge in [0.05, 0.1) is 5.69 Å². The third-order valence-electron chi connectivity index (χ3n) is 4.38. The molecule has 1 aliphatic rings. The minimum Gasteiger partial charge on any atom is -0.451 e. The van der Waals surface area contributed by atoms with E-state index in [1.54, 1.807) is 45.0 Å². The molecule has 1 aromatic rings. The highest BCUT2D eigenvalue weighted by molar-refractivity contribution is 6.04. The maximum absolute atomic E-state index is 12.6. The number of ether oxygens (including phenoxy) is 2. The number of hydrogen-bond acceptors (Lipinski definition) is 6. The monoisotopic (exact) mass is 404 g/mol. The summed E-state index contributed by atoms with van der Waals surface area (Å²) >= 11 is 0. The topological polar surface area (TPSA) is 102 Å². The van der Waals surface area contributed by atoms with Crippen molar-refractivity contribution < 1.29 is 28.7 Å². The summed E-state index contributed by atoms with van der Waals surface area (Å²) in [7, 11) is 0. The van der Waals surface area contributed by atoms with Crippen molar-refractivity contribution >= 4 is 29.4 Å². The fraction of sp³-hybridized carbons (Fsp3) is 0.524. The third kappa shape index (κ3) is 6.04. The predicted molar refractivity (Wildman–Crippen MR) is 107 cm³/mol. The molecule has 1 aromatic carbocycles. The Labute approximate surface area is 170 Å². The molecular weight excluding hydrogens is 376 g/mol. The summed E-state index contributed by atoms with van der Waals surface area (Å²) < 4.78 is 10.6. The second-order valence-corrected chi connectivity index (χ2v) is 8.00. The molecule has 158 valence electrons. The zero-order valence-electron chi connectivity index (χ0n) is 17.5. The molecule has 1 fully saturated rings. The number of anilines is 1. The minimum atomic E-state index is -1.09. The minimum absolute atomic E-state index is 0.190. The highest BCUT2D eigenvalue weighted by Crippen LogP contribution is 2.22. The Morgan fingerprint density at radius 2 is 1.83 bits per heavy atom. The largest absolute Gasteiger partial charge is 0.451 e. The van der Waals surface area contributed by atoms with Gasteiger partial charge in [0.1, 0.15) is 11.6 Å². The van der Waals surface area contributed by atoms with E-state index in [1.807, 2.05) is 0 Å². The van der Waals surface area contributed by atoms with Crippen LogP contribution in [-0.4, -0.2) is 52.9 Å². The summed E-state index contributed by atoms with van der Waals surface area (Å²) in [4.78, 5) is 50.3. The van der Waals surface area contributed by atoms with Gasteiger partial charge < -0.3 is 14.8 Å². The van der Waals surface area contributed by atoms with E-state index in [0.717, 1.165) is 0 Å². The van der Waals surface area contributed by atoms with Crippen LogP contribution in [0.15, 0.2) is 24.3 Å². The molecule has 0 aliphatic carbocycles. The first-order valence-electron chi connectivity index (χ1n) is 9.60. The average molecular weight is 404 g/mol. The van der Waals surface area contributed by atoms with Crippen molar-refractivity contribution in [1.82, 2.24) is 4.90 Å². The second kappa shape index (κ2) is 9.07. The molecule has 0 unspecified atom stereocenters. The first kappa shape index (κ1) is 22.4. The van der Waals surface area contributed by atoms with Crippen LogP contribution in [0.1, 0.15) is 57.8 Å². The lowest BCUT2D eigenvalue weighted by atomic mass is 10.1. The second-order valence-electron chi connectivity index (χ2n) is 8.00. The number of hydrogen-bond donors (Lipinski definition) is 1. The van der Waals surface area contributed by atoms with Gasteiger partial charge in [-0.05, 0) is 59.6 Å². The van der Waals surface area contributed by atoms with Gasteiger partial charge in [-0.15, -0.1) is 0 Å². The summed E-state index contributed by atoms with van der Waals surface area (Å²) in [6.45, 7) is 8.48. The van der Waals surface area contributed by atoms with E-state index in [0.29, 0.717) is 30.6 Å². The van der Waals surface area contributed by atoms with Crippen molar-refractivity contribution in [2.24, 2.45) is 0 Å². The standard InChI is InChI=1S/C21H28N2O6/c1-13(24)15-9-6-7-10-16(15)22-18(25)14(2)28-19(26)17-11-8-12-23(17)20(27)29-21(3,4)5/h6-7,9-10,14,17H,8,11-12H2,1-5H3,(H,22,25)/t14-,17-/m0/s1. The number of para-hydroxylation sites is 1. The summed E-state index contributed by atoms with van der Waals surface area (Å²) in [5.74, 6) is -1.41. The SMILES string of the molecule is CC(=O)c1ccccc1NC(=O)[C@H](C)OC(=O)[C@@H]1CCCN1C(=O)OC(C)(C)C. The van der Waals surface area contributed by atoms with Crippen LogP contribution in [0.2, 0.25) is 0 Å². The Balaban J connectivity index is 2.00. The van der Waals surface area contributed by atoms with Gasteiger partial charge in [-0.1, -0.05) is 12.1 Å². The average Bonchev–Trinajstić information content (AvgIpc) is 3.10. The Bertz CT molecular complexity index is 799. The van der Waals surface area contributed by atoms with Crippen LogP contribution < -0.4 is 5.32 Å². The van der Waals surface area contributed by atoms with Crippen molar-refractivity contribution in [3.63, 3.8) is 0 Å². The van der Waals surface area contributed by atoms with E-state index >= 15 is 0 Å². The van der Waals surface area contributed by atoms with E-state index in [-0.39, 0.29) is 5.78 Å². The highest BCUT2D eigenvalue weighted by Gasteiger charge is 2.38. The number of carbonyl (C=O) groups is 4. The number of likely N-dealkylation sites (tertiary alicyclic amines) is 1. The molecular formula is C21H28N2O6. The van der Waals surface area contributed by atoms with Crippen LogP contribution in [0.25, 0.3) is 0 Å². The van der Waals surface area contributed by atoms with Gasteiger partial charge in [-0.2, -0.15) is 0 Å². The molecule has 8 heteroatoms. The number of benzene rings is 1. The normalized spacial score (nSPS) is 17.4. The van der Waals surface area contributed by atoms with Crippen LogP contribution in [0, 0.1) is 0 Å². The Kier molecular flexibility index (Phi) is 7.00. The number of esters is 1. The zero-order valence-corrected chi connectivity index (χ0v) is 17.5. The highest BCUT2D eigenvalue weighted by atomic mass is 16.6. The fourth-order valence-electron chi connectivity index (χ4n) is 2.99. The number of rotatable bonds is 5. The molecule has 0 radical (unpaired) electrons. The van der Waals surface area contributed by atoms with Crippen LogP contribution in [0.5, 0.6) is 0 Å². The molecule has 29 heavy (non-hydrogen) atoms.